The highest BCUT2D eigenvalue weighted by atomic mass is 16.5. The minimum Gasteiger partial charge on any atom is -0.450 e. The molecule has 7 heteroatoms. The van der Waals surface area contributed by atoms with Gasteiger partial charge in [0.05, 0.1) is 13.2 Å². The number of carbonyl (C=O) groups is 3. The Morgan fingerprint density at radius 1 is 1.06 bits per heavy atom. The van der Waals surface area contributed by atoms with Crippen LogP contribution in [0.5, 0.6) is 0 Å². The molecule has 0 radical (unpaired) electrons. The lowest BCUT2D eigenvalue weighted by Crippen LogP contribution is -2.43. The van der Waals surface area contributed by atoms with Gasteiger partial charge in [0.25, 0.3) is 0 Å². The van der Waals surface area contributed by atoms with Crippen molar-refractivity contribution in [3.8, 4) is 0 Å². The Kier molecular flexibility index (Phi) is 7.49. The Morgan fingerprint density at radius 2 is 1.65 bits per heavy atom. The van der Waals surface area contributed by atoms with Crippen LogP contribution >= 0.6 is 0 Å². The summed E-state index contributed by atoms with van der Waals surface area (Å²) in [5, 5.41) is 7.22. The monoisotopic (exact) mass is 245 g/mol. The molecule has 0 rings (SSSR count). The van der Waals surface area contributed by atoms with Gasteiger partial charge in [0.2, 0.25) is 11.8 Å². The standard InChI is InChI=1S/C10H19N3O4/c1-4-17-10(16)12-5-8(14)11-6-9(15)13-7(2)3/h7H,4-6H2,1-3H3,(H,11,14)(H,12,16)(H,13,15). The van der Waals surface area contributed by atoms with E-state index >= 15 is 0 Å². The van der Waals surface area contributed by atoms with Crippen molar-refractivity contribution in [1.82, 2.24) is 16.0 Å². The molecule has 0 unspecified atom stereocenters. The van der Waals surface area contributed by atoms with Gasteiger partial charge in [-0.3, -0.25) is 9.59 Å². The number of carbonyl (C=O) groups excluding carboxylic acids is 3. The molecule has 3 amide bonds. The van der Waals surface area contributed by atoms with Gasteiger partial charge < -0.3 is 20.7 Å². The van der Waals surface area contributed by atoms with Crippen molar-refractivity contribution in [2.75, 3.05) is 19.7 Å². The molecule has 98 valence electrons. The lowest BCUT2D eigenvalue weighted by Gasteiger charge is -2.09. The van der Waals surface area contributed by atoms with E-state index in [1.54, 1.807) is 6.92 Å². The number of hydrogen-bond acceptors (Lipinski definition) is 4. The van der Waals surface area contributed by atoms with Crippen molar-refractivity contribution in [3.63, 3.8) is 0 Å². The van der Waals surface area contributed by atoms with Gasteiger partial charge in [-0.1, -0.05) is 0 Å². The van der Waals surface area contributed by atoms with E-state index in [0.717, 1.165) is 0 Å². The second kappa shape index (κ2) is 8.37. The van der Waals surface area contributed by atoms with Crippen LogP contribution in [0.25, 0.3) is 0 Å². The van der Waals surface area contributed by atoms with Crippen LogP contribution < -0.4 is 16.0 Å². The first-order valence-corrected chi connectivity index (χ1v) is 5.42. The number of ether oxygens (including phenoxy) is 1. The molecular weight excluding hydrogens is 226 g/mol. The van der Waals surface area contributed by atoms with Crippen LogP contribution in [0.15, 0.2) is 0 Å². The van der Waals surface area contributed by atoms with Crippen LogP contribution in [-0.2, 0) is 14.3 Å². The van der Waals surface area contributed by atoms with Gasteiger partial charge in [-0.05, 0) is 20.8 Å². The maximum absolute atomic E-state index is 11.2. The third-order valence-corrected chi connectivity index (χ3v) is 1.56. The summed E-state index contributed by atoms with van der Waals surface area (Å²) in [6.45, 7) is 5.22. The van der Waals surface area contributed by atoms with Crippen LogP contribution in [0.3, 0.4) is 0 Å². The summed E-state index contributed by atoms with van der Waals surface area (Å²) >= 11 is 0. The third-order valence-electron chi connectivity index (χ3n) is 1.56. The molecule has 0 saturated carbocycles. The second-order valence-corrected chi connectivity index (χ2v) is 3.57. The molecule has 0 aliphatic carbocycles. The van der Waals surface area contributed by atoms with Crippen LogP contribution in [0.4, 0.5) is 4.79 Å². The Morgan fingerprint density at radius 3 is 2.18 bits per heavy atom. The highest BCUT2D eigenvalue weighted by Crippen LogP contribution is 1.77. The normalized spacial score (nSPS) is 9.65. The number of rotatable bonds is 6. The summed E-state index contributed by atoms with van der Waals surface area (Å²) in [5.74, 6) is -0.721. The number of nitrogens with one attached hydrogen (secondary N) is 3. The molecule has 0 atom stereocenters. The number of alkyl carbamates (subject to hydrolysis) is 1. The Hall–Kier alpha value is -1.79. The minimum absolute atomic E-state index is 0.0251. The van der Waals surface area contributed by atoms with Gasteiger partial charge in [-0.15, -0.1) is 0 Å². The lowest BCUT2D eigenvalue weighted by atomic mass is 10.4. The summed E-state index contributed by atoms with van der Waals surface area (Å²) in [4.78, 5) is 33.2. The zero-order chi connectivity index (χ0) is 13.3. The van der Waals surface area contributed by atoms with E-state index in [1.807, 2.05) is 13.8 Å². The molecule has 0 aromatic heterocycles. The first kappa shape index (κ1) is 15.2. The fourth-order valence-corrected chi connectivity index (χ4v) is 0.949. The third kappa shape index (κ3) is 9.16. The van der Waals surface area contributed by atoms with Crippen molar-refractivity contribution < 1.29 is 19.1 Å². The van der Waals surface area contributed by atoms with Gasteiger partial charge in [0.1, 0.15) is 6.54 Å². The molecule has 0 spiro atoms. The summed E-state index contributed by atoms with van der Waals surface area (Å²) in [7, 11) is 0. The predicted molar refractivity (Wildman–Crippen MR) is 61.3 cm³/mol. The fraction of sp³-hybridized carbons (Fsp3) is 0.700. The highest BCUT2D eigenvalue weighted by Gasteiger charge is 2.08. The quantitative estimate of drug-likeness (QED) is 0.580. The molecule has 3 N–H and O–H groups in total. The Bertz CT molecular complexity index is 279. The van der Waals surface area contributed by atoms with Crippen LogP contribution in [0.1, 0.15) is 20.8 Å². The zero-order valence-corrected chi connectivity index (χ0v) is 10.3. The minimum atomic E-state index is -0.658. The zero-order valence-electron chi connectivity index (χ0n) is 10.3. The smallest absolute Gasteiger partial charge is 0.407 e. The first-order chi connectivity index (χ1) is 7.95. The van der Waals surface area contributed by atoms with E-state index in [-0.39, 0.29) is 31.6 Å². The van der Waals surface area contributed by atoms with E-state index < -0.39 is 12.0 Å². The predicted octanol–water partition coefficient (Wildman–Crippen LogP) is -0.627. The summed E-state index contributed by atoms with van der Waals surface area (Å²) < 4.78 is 4.56. The fourth-order valence-electron chi connectivity index (χ4n) is 0.949. The SMILES string of the molecule is CCOC(=O)NCC(=O)NCC(=O)NC(C)C. The molecule has 0 aliphatic rings. The molecule has 0 saturated heterocycles. The molecule has 0 bridgehead atoms. The first-order valence-electron chi connectivity index (χ1n) is 5.42. The van der Waals surface area contributed by atoms with Crippen molar-refractivity contribution in [2.24, 2.45) is 0 Å². The van der Waals surface area contributed by atoms with E-state index in [9.17, 15) is 14.4 Å². The van der Waals surface area contributed by atoms with Gasteiger partial charge in [-0.25, -0.2) is 4.79 Å². The number of hydrogen-bond donors (Lipinski definition) is 3. The van der Waals surface area contributed by atoms with Gasteiger partial charge in [0.15, 0.2) is 0 Å². The largest absolute Gasteiger partial charge is 0.450 e. The molecule has 0 aliphatic heterocycles. The molecular formula is C10H19N3O4. The maximum Gasteiger partial charge on any atom is 0.407 e. The van der Waals surface area contributed by atoms with Crippen molar-refractivity contribution in [3.05, 3.63) is 0 Å². The summed E-state index contributed by atoms with van der Waals surface area (Å²) in [6, 6.07) is 0.0251. The Balaban J connectivity index is 3.66. The molecule has 0 fully saturated rings. The molecule has 17 heavy (non-hydrogen) atoms. The van der Waals surface area contributed by atoms with Crippen LogP contribution in [-0.4, -0.2) is 43.6 Å². The van der Waals surface area contributed by atoms with Crippen molar-refractivity contribution in [1.29, 1.82) is 0 Å². The average Bonchev–Trinajstić information content (AvgIpc) is 2.23. The summed E-state index contributed by atoms with van der Waals surface area (Å²) in [5.41, 5.74) is 0. The van der Waals surface area contributed by atoms with E-state index in [1.165, 1.54) is 0 Å². The van der Waals surface area contributed by atoms with Crippen LogP contribution in [0.2, 0.25) is 0 Å². The second-order valence-electron chi connectivity index (χ2n) is 3.57. The molecule has 0 aromatic rings. The van der Waals surface area contributed by atoms with Gasteiger partial charge >= 0.3 is 6.09 Å². The van der Waals surface area contributed by atoms with E-state index in [4.69, 9.17) is 0 Å². The topological polar surface area (TPSA) is 96.5 Å². The maximum atomic E-state index is 11.2. The lowest BCUT2D eigenvalue weighted by molar-refractivity contribution is -0.125. The van der Waals surface area contributed by atoms with E-state index in [0.29, 0.717) is 0 Å². The summed E-state index contributed by atoms with van der Waals surface area (Å²) in [6.07, 6.45) is -0.658. The number of amides is 3. The van der Waals surface area contributed by atoms with Crippen molar-refractivity contribution >= 4 is 17.9 Å². The molecule has 7 nitrogen and oxygen atoms in total. The van der Waals surface area contributed by atoms with E-state index in [2.05, 4.69) is 20.7 Å². The molecule has 0 aromatic carbocycles. The highest BCUT2D eigenvalue weighted by molar-refractivity contribution is 5.87. The van der Waals surface area contributed by atoms with Crippen molar-refractivity contribution in [2.45, 2.75) is 26.8 Å². The Labute approximate surface area is 100 Å². The van der Waals surface area contributed by atoms with Gasteiger partial charge in [-0.2, -0.15) is 0 Å². The molecule has 0 heterocycles. The van der Waals surface area contributed by atoms with Gasteiger partial charge in [0, 0.05) is 6.04 Å². The van der Waals surface area contributed by atoms with Crippen LogP contribution in [0, 0.1) is 0 Å². The average molecular weight is 245 g/mol.